The number of halogens is 1. The Bertz CT molecular complexity index is 895. The number of rotatable bonds is 2. The molecule has 1 N–H and O–H groups in total. The first-order valence-electron chi connectivity index (χ1n) is 7.74. The molecular formula is C20H15ClN2O. The van der Waals surface area contributed by atoms with E-state index in [-0.39, 0.29) is 12.1 Å². The molecule has 0 radical (unpaired) electrons. The lowest BCUT2D eigenvalue weighted by Gasteiger charge is -2.38. The molecule has 0 spiro atoms. The van der Waals surface area contributed by atoms with Crippen LogP contribution in [0.4, 0.5) is 11.4 Å². The smallest absolute Gasteiger partial charge is 0.262 e. The molecule has 0 saturated heterocycles. The van der Waals surface area contributed by atoms with Crippen LogP contribution in [-0.4, -0.2) is 5.91 Å². The van der Waals surface area contributed by atoms with E-state index in [0.717, 1.165) is 16.9 Å². The maximum Gasteiger partial charge on any atom is 0.262 e. The van der Waals surface area contributed by atoms with Gasteiger partial charge in [0.25, 0.3) is 5.91 Å². The van der Waals surface area contributed by atoms with Crippen molar-refractivity contribution in [2.24, 2.45) is 0 Å². The number of para-hydroxylation sites is 2. The number of nitrogens with zero attached hydrogens (tertiary/aromatic N) is 1. The summed E-state index contributed by atoms with van der Waals surface area (Å²) in [5.41, 5.74) is 3.28. The van der Waals surface area contributed by atoms with Crippen molar-refractivity contribution >= 4 is 28.9 Å². The lowest BCUT2D eigenvalue weighted by atomic mass is 10.0. The number of anilines is 2. The van der Waals surface area contributed by atoms with Crippen LogP contribution in [0.2, 0.25) is 5.02 Å². The highest BCUT2D eigenvalue weighted by Crippen LogP contribution is 2.36. The van der Waals surface area contributed by atoms with Crippen molar-refractivity contribution in [3.8, 4) is 0 Å². The monoisotopic (exact) mass is 334 g/mol. The molecule has 1 aliphatic rings. The van der Waals surface area contributed by atoms with Crippen molar-refractivity contribution in [3.05, 3.63) is 95.0 Å². The van der Waals surface area contributed by atoms with Gasteiger partial charge in [-0.05, 0) is 42.0 Å². The zero-order chi connectivity index (χ0) is 16.5. The first-order valence-corrected chi connectivity index (χ1v) is 8.11. The summed E-state index contributed by atoms with van der Waals surface area (Å²) in [6.45, 7) is 0. The van der Waals surface area contributed by atoms with Gasteiger partial charge in [0.05, 0.1) is 5.56 Å². The Morgan fingerprint density at radius 2 is 1.62 bits per heavy atom. The molecule has 0 aliphatic carbocycles. The molecule has 1 aliphatic heterocycles. The highest BCUT2D eigenvalue weighted by molar-refractivity contribution is 6.30. The maximum absolute atomic E-state index is 13.1. The van der Waals surface area contributed by atoms with Crippen molar-refractivity contribution in [1.82, 2.24) is 0 Å². The zero-order valence-corrected chi connectivity index (χ0v) is 13.6. The van der Waals surface area contributed by atoms with Crippen molar-refractivity contribution in [2.75, 3.05) is 10.2 Å². The van der Waals surface area contributed by atoms with Crippen LogP contribution >= 0.6 is 11.6 Å². The fourth-order valence-electron chi connectivity index (χ4n) is 3.02. The number of hydrogen-bond donors (Lipinski definition) is 1. The molecule has 3 nitrogen and oxygen atoms in total. The third-order valence-corrected chi connectivity index (χ3v) is 4.36. The second-order valence-corrected chi connectivity index (χ2v) is 6.09. The van der Waals surface area contributed by atoms with Crippen LogP contribution in [0.3, 0.4) is 0 Å². The normalized spacial score (nSPS) is 16.5. The third-order valence-electron chi connectivity index (χ3n) is 4.13. The number of amides is 1. The van der Waals surface area contributed by atoms with Crippen LogP contribution in [0.25, 0.3) is 0 Å². The molecule has 1 atom stereocenters. The third kappa shape index (κ3) is 2.53. The van der Waals surface area contributed by atoms with Gasteiger partial charge in [0.15, 0.2) is 0 Å². The molecule has 3 aromatic carbocycles. The minimum Gasteiger partial charge on any atom is -0.360 e. The molecule has 4 heteroatoms. The van der Waals surface area contributed by atoms with Gasteiger partial charge in [0.2, 0.25) is 0 Å². The highest BCUT2D eigenvalue weighted by Gasteiger charge is 2.33. The van der Waals surface area contributed by atoms with Gasteiger partial charge >= 0.3 is 0 Å². The summed E-state index contributed by atoms with van der Waals surface area (Å²) < 4.78 is 0. The van der Waals surface area contributed by atoms with E-state index in [1.165, 1.54) is 0 Å². The van der Waals surface area contributed by atoms with Gasteiger partial charge < -0.3 is 5.32 Å². The van der Waals surface area contributed by atoms with Gasteiger partial charge in [-0.3, -0.25) is 9.69 Å². The van der Waals surface area contributed by atoms with Crippen LogP contribution in [-0.2, 0) is 0 Å². The molecule has 1 amide bonds. The van der Waals surface area contributed by atoms with Crippen LogP contribution in [0.15, 0.2) is 78.9 Å². The molecule has 0 aromatic heterocycles. The number of carbonyl (C=O) groups is 1. The Hall–Kier alpha value is -2.78. The van der Waals surface area contributed by atoms with Crippen molar-refractivity contribution in [2.45, 2.75) is 6.17 Å². The van der Waals surface area contributed by atoms with E-state index < -0.39 is 0 Å². The van der Waals surface area contributed by atoms with E-state index in [9.17, 15) is 4.79 Å². The van der Waals surface area contributed by atoms with E-state index in [0.29, 0.717) is 10.6 Å². The van der Waals surface area contributed by atoms with E-state index in [1.807, 2.05) is 78.9 Å². The number of hydrogen-bond acceptors (Lipinski definition) is 2. The summed E-state index contributed by atoms with van der Waals surface area (Å²) in [6, 6.07) is 24.8. The van der Waals surface area contributed by atoms with Gasteiger partial charge in [0, 0.05) is 16.4 Å². The van der Waals surface area contributed by atoms with Crippen LogP contribution in [0, 0.1) is 0 Å². The van der Waals surface area contributed by atoms with Crippen molar-refractivity contribution in [1.29, 1.82) is 0 Å². The summed E-state index contributed by atoms with van der Waals surface area (Å²) in [4.78, 5) is 14.9. The van der Waals surface area contributed by atoms with E-state index >= 15 is 0 Å². The van der Waals surface area contributed by atoms with E-state index in [4.69, 9.17) is 11.6 Å². The summed E-state index contributed by atoms with van der Waals surface area (Å²) >= 11 is 6.16. The second-order valence-electron chi connectivity index (χ2n) is 5.66. The Labute approximate surface area is 145 Å². The number of benzene rings is 3. The molecule has 1 heterocycles. The molecule has 118 valence electrons. The fraction of sp³-hybridized carbons (Fsp3) is 0.0500. The summed E-state index contributed by atoms with van der Waals surface area (Å²) in [5.74, 6) is -0.0273. The lowest BCUT2D eigenvalue weighted by Crippen LogP contribution is -2.43. The van der Waals surface area contributed by atoms with Gasteiger partial charge in [-0.15, -0.1) is 0 Å². The predicted octanol–water partition coefficient (Wildman–Crippen LogP) is 5.11. The van der Waals surface area contributed by atoms with Crippen LogP contribution in [0.1, 0.15) is 22.1 Å². The lowest BCUT2D eigenvalue weighted by molar-refractivity contribution is 0.0975. The Kier molecular flexibility index (Phi) is 3.71. The van der Waals surface area contributed by atoms with Crippen LogP contribution < -0.4 is 10.2 Å². The number of nitrogens with one attached hydrogen (secondary N) is 1. The topological polar surface area (TPSA) is 32.3 Å². The largest absolute Gasteiger partial charge is 0.360 e. The first kappa shape index (κ1) is 14.8. The second kappa shape index (κ2) is 6.02. The zero-order valence-electron chi connectivity index (χ0n) is 12.8. The number of carbonyl (C=O) groups excluding carboxylic acids is 1. The molecule has 0 fully saturated rings. The quantitative estimate of drug-likeness (QED) is 0.706. The van der Waals surface area contributed by atoms with Gasteiger partial charge in [-0.1, -0.05) is 54.1 Å². The van der Waals surface area contributed by atoms with Crippen molar-refractivity contribution in [3.63, 3.8) is 0 Å². The molecule has 3 aromatic rings. The average Bonchev–Trinajstić information content (AvgIpc) is 2.62. The first-order chi connectivity index (χ1) is 11.7. The summed E-state index contributed by atoms with van der Waals surface area (Å²) in [6.07, 6.45) is -0.312. The standard InChI is InChI=1S/C20H15ClN2O/c21-15-8-6-7-14(13-15)19-22-18-12-5-4-11-17(18)20(24)23(19)16-9-2-1-3-10-16/h1-13,19,22H/t19-/m1/s1. The minimum absolute atomic E-state index is 0.0273. The maximum atomic E-state index is 13.1. The summed E-state index contributed by atoms with van der Waals surface area (Å²) in [7, 11) is 0. The molecule has 24 heavy (non-hydrogen) atoms. The van der Waals surface area contributed by atoms with E-state index in [1.54, 1.807) is 4.90 Å². The minimum atomic E-state index is -0.312. The van der Waals surface area contributed by atoms with Crippen molar-refractivity contribution < 1.29 is 4.79 Å². The molecule has 0 unspecified atom stereocenters. The Morgan fingerprint density at radius 1 is 0.875 bits per heavy atom. The average molecular weight is 335 g/mol. The molecular weight excluding hydrogens is 320 g/mol. The molecule has 0 bridgehead atoms. The molecule has 0 saturated carbocycles. The van der Waals surface area contributed by atoms with Gasteiger partial charge in [-0.25, -0.2) is 0 Å². The number of fused-ring (bicyclic) bond motifs is 1. The van der Waals surface area contributed by atoms with Gasteiger partial charge in [0.1, 0.15) is 6.17 Å². The fourth-order valence-corrected chi connectivity index (χ4v) is 3.22. The predicted molar refractivity (Wildman–Crippen MR) is 97.5 cm³/mol. The Morgan fingerprint density at radius 3 is 2.42 bits per heavy atom. The highest BCUT2D eigenvalue weighted by atomic mass is 35.5. The Balaban J connectivity index is 1.87. The van der Waals surface area contributed by atoms with E-state index in [2.05, 4.69) is 5.32 Å². The summed E-state index contributed by atoms with van der Waals surface area (Å²) in [5, 5.41) is 4.11. The van der Waals surface area contributed by atoms with Crippen LogP contribution in [0.5, 0.6) is 0 Å². The molecule has 4 rings (SSSR count). The van der Waals surface area contributed by atoms with Gasteiger partial charge in [-0.2, -0.15) is 0 Å². The SMILES string of the molecule is O=C1c2ccccc2N[C@@H](c2cccc(Cl)c2)N1c1ccccc1.